The number of nitrogens with one attached hydrogen (secondary N) is 1. The number of benzene rings is 1. The minimum Gasteiger partial charge on any atom is -0.449 e. The first kappa shape index (κ1) is 23.9. The smallest absolute Gasteiger partial charge is 0.430 e. The minimum atomic E-state index is -4.34. The van der Waals surface area contributed by atoms with Crippen LogP contribution in [0.2, 0.25) is 0 Å². The number of fused-ring (bicyclic) bond motifs is 1. The number of hydrogen-bond acceptors (Lipinski definition) is 8. The molecule has 0 saturated carbocycles. The zero-order chi connectivity index (χ0) is 22.4. The zero-order valence-corrected chi connectivity index (χ0v) is 18.4. The second-order valence-electron chi connectivity index (χ2n) is 6.18. The molecule has 0 radical (unpaired) electrons. The maximum absolute atomic E-state index is 14.0. The summed E-state index contributed by atoms with van der Waals surface area (Å²) in [6.45, 7) is 6.15. The fourth-order valence-corrected chi connectivity index (χ4v) is 5.60. The largest absolute Gasteiger partial charge is 0.449 e. The number of hydrazine groups is 1. The van der Waals surface area contributed by atoms with Gasteiger partial charge in [-0.05, 0) is 33.3 Å². The molecule has 0 heterocycles. The SMILES string of the molecule is CCOC(=O)NN(C(=O)OCC)C1(P(=O)(OCC)OCC)Cc2ccccc2C1=O. The van der Waals surface area contributed by atoms with Gasteiger partial charge in [0, 0.05) is 12.0 Å². The topological polar surface area (TPSA) is 120 Å². The van der Waals surface area contributed by atoms with Crippen LogP contribution in [-0.2, 0) is 29.5 Å². The fourth-order valence-electron chi connectivity index (χ4n) is 3.30. The number of Topliss-reactive ketones (excluding diaryl/α,β-unsaturated/α-hetero) is 1. The number of hydrogen-bond donors (Lipinski definition) is 1. The van der Waals surface area contributed by atoms with Crippen molar-refractivity contribution >= 4 is 25.6 Å². The van der Waals surface area contributed by atoms with E-state index in [0.29, 0.717) is 10.6 Å². The van der Waals surface area contributed by atoms with Crippen molar-refractivity contribution < 1.29 is 37.5 Å². The summed E-state index contributed by atoms with van der Waals surface area (Å²) in [6, 6.07) is 6.58. The Balaban J connectivity index is 2.72. The molecule has 0 saturated heterocycles. The van der Waals surface area contributed by atoms with E-state index in [-0.39, 0.29) is 38.4 Å². The van der Waals surface area contributed by atoms with Crippen molar-refractivity contribution in [2.75, 3.05) is 26.4 Å². The quantitative estimate of drug-likeness (QED) is 0.480. The Morgan fingerprint density at radius 1 is 1.03 bits per heavy atom. The average Bonchev–Trinajstić information content (AvgIpc) is 3.01. The maximum Gasteiger partial charge on any atom is 0.430 e. The van der Waals surface area contributed by atoms with Gasteiger partial charge in [0.05, 0.1) is 26.4 Å². The van der Waals surface area contributed by atoms with E-state index < -0.39 is 30.8 Å². The van der Waals surface area contributed by atoms with Gasteiger partial charge in [-0.25, -0.2) is 15.0 Å². The molecule has 1 aromatic carbocycles. The summed E-state index contributed by atoms with van der Waals surface area (Å²) in [6.07, 6.45) is -2.32. The lowest BCUT2D eigenvalue weighted by Gasteiger charge is -2.41. The highest BCUT2D eigenvalue weighted by molar-refractivity contribution is 7.57. The summed E-state index contributed by atoms with van der Waals surface area (Å²) in [4.78, 5) is 38.7. The highest BCUT2D eigenvalue weighted by atomic mass is 31.2. The molecule has 166 valence electrons. The molecular formula is C19H27N2O8P. The highest BCUT2D eigenvalue weighted by Crippen LogP contribution is 2.65. The minimum absolute atomic E-state index is 0.0122. The van der Waals surface area contributed by atoms with Crippen molar-refractivity contribution in [3.05, 3.63) is 35.4 Å². The van der Waals surface area contributed by atoms with Crippen LogP contribution in [0.25, 0.3) is 0 Å². The van der Waals surface area contributed by atoms with E-state index in [0.717, 1.165) is 0 Å². The lowest BCUT2D eigenvalue weighted by molar-refractivity contribution is 0.0303. The number of carbonyl (C=O) groups is 3. The van der Waals surface area contributed by atoms with Crippen molar-refractivity contribution in [2.45, 2.75) is 39.4 Å². The molecule has 1 aliphatic rings. The molecule has 11 heteroatoms. The van der Waals surface area contributed by atoms with Crippen molar-refractivity contribution in [1.29, 1.82) is 0 Å². The van der Waals surface area contributed by atoms with E-state index >= 15 is 0 Å². The standard InChI is InChI=1S/C19H27N2O8P/c1-5-26-17(23)20-21(18(24)27-6-2)19(30(25,28-7-3)29-8-4)13-14-11-9-10-12-15(14)16(19)22/h9-12H,5-8,13H2,1-4H3,(H,20,23). The Kier molecular flexibility index (Phi) is 8.00. The third kappa shape index (κ3) is 4.21. The molecule has 1 N–H and O–H groups in total. The molecule has 0 bridgehead atoms. The van der Waals surface area contributed by atoms with Crippen molar-refractivity contribution in [3.8, 4) is 0 Å². The van der Waals surface area contributed by atoms with E-state index in [1.807, 2.05) is 0 Å². The number of ketones is 1. The average molecular weight is 442 g/mol. The molecule has 1 aromatic rings. The van der Waals surface area contributed by atoms with Gasteiger partial charge in [-0.1, -0.05) is 24.3 Å². The summed E-state index contributed by atoms with van der Waals surface area (Å²) < 4.78 is 34.9. The van der Waals surface area contributed by atoms with E-state index in [2.05, 4.69) is 5.43 Å². The molecule has 1 unspecified atom stereocenters. The van der Waals surface area contributed by atoms with Gasteiger partial charge in [0.25, 0.3) is 0 Å². The first-order valence-corrected chi connectivity index (χ1v) is 11.3. The predicted molar refractivity (Wildman–Crippen MR) is 107 cm³/mol. The van der Waals surface area contributed by atoms with E-state index in [4.69, 9.17) is 18.5 Å². The van der Waals surface area contributed by atoms with Gasteiger partial charge in [-0.2, -0.15) is 5.01 Å². The lowest BCUT2D eigenvalue weighted by atomic mass is 10.1. The number of amides is 2. The molecule has 1 atom stereocenters. The van der Waals surface area contributed by atoms with Crippen LogP contribution in [0.4, 0.5) is 9.59 Å². The Bertz CT molecular complexity index is 836. The Labute approximate surface area is 175 Å². The van der Waals surface area contributed by atoms with Crippen LogP contribution in [0.15, 0.2) is 24.3 Å². The molecule has 30 heavy (non-hydrogen) atoms. The zero-order valence-electron chi connectivity index (χ0n) is 17.5. The van der Waals surface area contributed by atoms with E-state index in [9.17, 15) is 18.9 Å². The van der Waals surface area contributed by atoms with Crippen LogP contribution in [0, 0.1) is 0 Å². The van der Waals surface area contributed by atoms with Gasteiger partial charge in [0.2, 0.25) is 11.1 Å². The molecule has 0 spiro atoms. The van der Waals surface area contributed by atoms with Gasteiger partial charge >= 0.3 is 19.8 Å². The van der Waals surface area contributed by atoms with Crippen LogP contribution >= 0.6 is 7.60 Å². The predicted octanol–water partition coefficient (Wildman–Crippen LogP) is 3.51. The molecule has 10 nitrogen and oxygen atoms in total. The van der Waals surface area contributed by atoms with Gasteiger partial charge in [0.15, 0.2) is 0 Å². The first-order chi connectivity index (χ1) is 14.3. The molecule has 1 aliphatic carbocycles. The van der Waals surface area contributed by atoms with Crippen molar-refractivity contribution in [3.63, 3.8) is 0 Å². The van der Waals surface area contributed by atoms with Crippen molar-refractivity contribution in [1.82, 2.24) is 10.4 Å². The van der Waals surface area contributed by atoms with Crippen molar-refractivity contribution in [2.24, 2.45) is 0 Å². The second kappa shape index (κ2) is 10.1. The van der Waals surface area contributed by atoms with Crippen LogP contribution in [-0.4, -0.2) is 54.7 Å². The molecule has 2 rings (SSSR count). The first-order valence-electron chi connectivity index (χ1n) is 9.73. The molecule has 0 fully saturated rings. The third-order valence-electron chi connectivity index (χ3n) is 4.41. The Morgan fingerprint density at radius 2 is 1.63 bits per heavy atom. The van der Waals surface area contributed by atoms with Gasteiger partial charge < -0.3 is 18.5 Å². The molecule has 2 amide bonds. The molecular weight excluding hydrogens is 415 g/mol. The Hall–Kier alpha value is -2.42. The van der Waals surface area contributed by atoms with Gasteiger partial charge in [0.1, 0.15) is 0 Å². The Morgan fingerprint density at radius 3 is 2.17 bits per heavy atom. The van der Waals surface area contributed by atoms with Gasteiger partial charge in [-0.15, -0.1) is 0 Å². The third-order valence-corrected chi connectivity index (χ3v) is 7.08. The van der Waals surface area contributed by atoms with E-state index in [1.54, 1.807) is 52.0 Å². The number of nitrogens with zero attached hydrogens (tertiary/aromatic N) is 1. The van der Waals surface area contributed by atoms with Gasteiger partial charge in [-0.3, -0.25) is 9.36 Å². The molecule has 0 aliphatic heterocycles. The van der Waals surface area contributed by atoms with E-state index in [1.165, 1.54) is 0 Å². The monoisotopic (exact) mass is 442 g/mol. The molecule has 0 aromatic heterocycles. The van der Waals surface area contributed by atoms with Crippen LogP contribution in [0.3, 0.4) is 0 Å². The summed E-state index contributed by atoms with van der Waals surface area (Å²) in [5.74, 6) is -0.687. The second-order valence-corrected chi connectivity index (χ2v) is 8.43. The van der Waals surface area contributed by atoms with Crippen LogP contribution in [0.1, 0.15) is 43.6 Å². The number of carbonyl (C=O) groups excluding carboxylic acids is 3. The fraction of sp³-hybridized carbons (Fsp3) is 0.526. The van der Waals surface area contributed by atoms with Crippen LogP contribution < -0.4 is 5.43 Å². The summed E-state index contributed by atoms with van der Waals surface area (Å²) in [5.41, 5.74) is 2.99. The highest BCUT2D eigenvalue weighted by Gasteiger charge is 2.67. The summed E-state index contributed by atoms with van der Waals surface area (Å²) >= 11 is 0. The number of rotatable bonds is 8. The maximum atomic E-state index is 14.0. The van der Waals surface area contributed by atoms with Crippen LogP contribution in [0.5, 0.6) is 0 Å². The summed E-state index contributed by atoms with van der Waals surface area (Å²) in [5, 5.41) is -1.59. The normalized spacial score (nSPS) is 17.9. The summed E-state index contributed by atoms with van der Waals surface area (Å²) in [7, 11) is -4.34. The number of ether oxygens (including phenoxy) is 2. The lowest BCUT2D eigenvalue weighted by Crippen LogP contribution is -2.63.